The van der Waals surface area contributed by atoms with Crippen molar-refractivity contribution in [3.8, 4) is 17.2 Å². The van der Waals surface area contributed by atoms with Gasteiger partial charge >= 0.3 is 5.97 Å². The molecule has 1 unspecified atom stereocenters. The Kier molecular flexibility index (Phi) is 7.90. The van der Waals surface area contributed by atoms with E-state index in [1.54, 1.807) is 50.6 Å². The van der Waals surface area contributed by atoms with Crippen LogP contribution in [0.3, 0.4) is 0 Å². The van der Waals surface area contributed by atoms with Crippen LogP contribution in [0.4, 0.5) is 10.1 Å². The molecular weight excluding hydrogens is 483 g/mol. The Bertz CT molecular complexity index is 1250. The number of thiocarbonyl (C=S) groups is 1. The van der Waals surface area contributed by atoms with Gasteiger partial charge in [-0.25, -0.2) is 9.18 Å². The number of hydrogen-bond donors (Lipinski definition) is 1. The maximum Gasteiger partial charge on any atom is 0.337 e. The van der Waals surface area contributed by atoms with E-state index in [-0.39, 0.29) is 18.5 Å². The molecule has 1 aliphatic rings. The molecule has 0 aromatic heterocycles. The summed E-state index contributed by atoms with van der Waals surface area (Å²) in [6.45, 7) is 0.893. The molecule has 0 fully saturated rings. The normalized spacial score (nSPS) is 14.4. The number of halogens is 1. The minimum Gasteiger partial charge on any atom is -0.493 e. The quantitative estimate of drug-likeness (QED) is 0.352. The molecule has 0 saturated carbocycles. The third kappa shape index (κ3) is 5.52. The standard InChI is InChI=1S/C27H27FN2O5S/c1-32-24-13-18-11-12-30(27(36)29-20-6-4-5-19(28)14-20)23(22(18)15-25(24)33-2)16-35-21-9-7-17(8-10-21)26(31)34-3/h4-10,13-15,23H,11-12,16H2,1-3H3,(H,29,36). The SMILES string of the molecule is COC(=O)c1ccc(OCC2c3cc(OC)c(OC)cc3CCN2C(=S)Nc2cccc(F)c2)cc1. The monoisotopic (exact) mass is 510 g/mol. The highest BCUT2D eigenvalue weighted by Gasteiger charge is 2.31. The largest absolute Gasteiger partial charge is 0.493 e. The van der Waals surface area contributed by atoms with Gasteiger partial charge in [0, 0.05) is 12.2 Å². The average molecular weight is 511 g/mol. The topological polar surface area (TPSA) is 69.3 Å². The third-order valence-electron chi connectivity index (χ3n) is 6.02. The van der Waals surface area contributed by atoms with Crippen molar-refractivity contribution in [3.05, 3.63) is 83.2 Å². The Balaban J connectivity index is 1.62. The van der Waals surface area contributed by atoms with Crippen molar-refractivity contribution in [2.45, 2.75) is 12.5 Å². The fourth-order valence-electron chi connectivity index (χ4n) is 4.19. The number of ether oxygens (including phenoxy) is 4. The van der Waals surface area contributed by atoms with Gasteiger partial charge in [-0.2, -0.15) is 0 Å². The second-order valence-corrected chi connectivity index (χ2v) is 8.52. The minimum atomic E-state index is -0.413. The summed E-state index contributed by atoms with van der Waals surface area (Å²) in [5.74, 6) is 1.10. The zero-order chi connectivity index (χ0) is 25.7. The van der Waals surface area contributed by atoms with Crippen LogP contribution < -0.4 is 19.5 Å². The van der Waals surface area contributed by atoms with Gasteiger partial charge in [-0.3, -0.25) is 0 Å². The zero-order valence-corrected chi connectivity index (χ0v) is 21.1. The van der Waals surface area contributed by atoms with Gasteiger partial charge < -0.3 is 29.2 Å². The van der Waals surface area contributed by atoms with E-state index in [0.717, 1.165) is 17.5 Å². The maximum absolute atomic E-state index is 13.7. The van der Waals surface area contributed by atoms with E-state index in [0.29, 0.717) is 40.2 Å². The van der Waals surface area contributed by atoms with Crippen molar-refractivity contribution < 1.29 is 28.1 Å². The van der Waals surface area contributed by atoms with Crippen LogP contribution in [0, 0.1) is 5.82 Å². The lowest BCUT2D eigenvalue weighted by Crippen LogP contribution is -2.44. The van der Waals surface area contributed by atoms with Crippen LogP contribution in [0.5, 0.6) is 17.2 Å². The van der Waals surface area contributed by atoms with Crippen LogP contribution >= 0.6 is 12.2 Å². The Morgan fingerprint density at radius 2 is 1.78 bits per heavy atom. The molecule has 7 nitrogen and oxygen atoms in total. The first-order chi connectivity index (χ1) is 17.4. The van der Waals surface area contributed by atoms with Gasteiger partial charge in [0.15, 0.2) is 16.6 Å². The molecule has 1 heterocycles. The summed E-state index contributed by atoms with van der Waals surface area (Å²) in [7, 11) is 4.54. The van der Waals surface area contributed by atoms with E-state index >= 15 is 0 Å². The number of benzene rings is 3. The van der Waals surface area contributed by atoms with E-state index in [1.807, 2.05) is 17.0 Å². The van der Waals surface area contributed by atoms with Crippen LogP contribution in [0.1, 0.15) is 27.5 Å². The van der Waals surface area contributed by atoms with Crippen LogP contribution in [-0.4, -0.2) is 50.5 Å². The molecule has 0 bridgehead atoms. The predicted molar refractivity (Wildman–Crippen MR) is 139 cm³/mol. The van der Waals surface area contributed by atoms with E-state index in [1.165, 1.54) is 19.2 Å². The van der Waals surface area contributed by atoms with Crippen molar-refractivity contribution in [1.82, 2.24) is 4.90 Å². The molecule has 0 amide bonds. The smallest absolute Gasteiger partial charge is 0.337 e. The van der Waals surface area contributed by atoms with Gasteiger partial charge in [0.25, 0.3) is 0 Å². The first-order valence-electron chi connectivity index (χ1n) is 11.3. The van der Waals surface area contributed by atoms with Gasteiger partial charge in [0.1, 0.15) is 18.2 Å². The highest BCUT2D eigenvalue weighted by Crippen LogP contribution is 2.38. The summed E-state index contributed by atoms with van der Waals surface area (Å²) in [5, 5.41) is 3.60. The second kappa shape index (κ2) is 11.3. The van der Waals surface area contributed by atoms with Gasteiger partial charge in [0.05, 0.1) is 32.9 Å². The zero-order valence-electron chi connectivity index (χ0n) is 20.2. The number of rotatable bonds is 7. The van der Waals surface area contributed by atoms with Crippen LogP contribution in [0.15, 0.2) is 60.7 Å². The van der Waals surface area contributed by atoms with Crippen molar-refractivity contribution in [2.75, 3.05) is 39.8 Å². The number of methoxy groups -OCH3 is 3. The van der Waals surface area contributed by atoms with E-state index in [9.17, 15) is 9.18 Å². The van der Waals surface area contributed by atoms with Gasteiger partial charge in [-0.1, -0.05) is 6.07 Å². The van der Waals surface area contributed by atoms with Crippen LogP contribution in [-0.2, 0) is 11.2 Å². The van der Waals surface area contributed by atoms with Gasteiger partial charge in [-0.05, 0) is 84.4 Å². The molecule has 0 spiro atoms. The third-order valence-corrected chi connectivity index (χ3v) is 6.36. The average Bonchev–Trinajstić information content (AvgIpc) is 2.90. The molecule has 188 valence electrons. The number of nitrogens with one attached hydrogen (secondary N) is 1. The summed E-state index contributed by atoms with van der Waals surface area (Å²) in [5.41, 5.74) is 3.10. The summed E-state index contributed by atoms with van der Waals surface area (Å²) >= 11 is 5.73. The Labute approximate surface area is 214 Å². The van der Waals surface area contributed by atoms with Crippen molar-refractivity contribution in [1.29, 1.82) is 0 Å². The molecule has 3 aromatic carbocycles. The van der Waals surface area contributed by atoms with Gasteiger partial charge in [-0.15, -0.1) is 0 Å². The van der Waals surface area contributed by atoms with Crippen molar-refractivity contribution in [2.24, 2.45) is 0 Å². The highest BCUT2D eigenvalue weighted by molar-refractivity contribution is 7.80. The number of carbonyl (C=O) groups excluding carboxylic acids is 1. The minimum absolute atomic E-state index is 0.262. The number of nitrogens with zero attached hydrogens (tertiary/aromatic N) is 1. The number of carbonyl (C=O) groups is 1. The number of esters is 1. The number of hydrogen-bond acceptors (Lipinski definition) is 6. The molecule has 1 aliphatic heterocycles. The lowest BCUT2D eigenvalue weighted by Gasteiger charge is -2.39. The second-order valence-electron chi connectivity index (χ2n) is 8.13. The maximum atomic E-state index is 13.7. The van der Waals surface area contributed by atoms with E-state index < -0.39 is 5.97 Å². The number of anilines is 1. The molecule has 1 N–H and O–H groups in total. The fourth-order valence-corrected chi connectivity index (χ4v) is 4.53. The van der Waals surface area contributed by atoms with Crippen molar-refractivity contribution in [3.63, 3.8) is 0 Å². The van der Waals surface area contributed by atoms with Crippen LogP contribution in [0.2, 0.25) is 0 Å². The fraction of sp³-hybridized carbons (Fsp3) is 0.259. The first-order valence-corrected chi connectivity index (χ1v) is 11.7. The van der Waals surface area contributed by atoms with E-state index in [4.69, 9.17) is 31.2 Å². The molecule has 1 atom stereocenters. The summed E-state index contributed by atoms with van der Waals surface area (Å²) in [6.07, 6.45) is 0.727. The highest BCUT2D eigenvalue weighted by atomic mass is 32.1. The molecule has 3 aromatic rings. The summed E-state index contributed by atoms with van der Waals surface area (Å²) in [4.78, 5) is 13.8. The molecule has 36 heavy (non-hydrogen) atoms. The Hall–Kier alpha value is -3.85. The van der Waals surface area contributed by atoms with Crippen LogP contribution in [0.25, 0.3) is 0 Å². The lowest BCUT2D eigenvalue weighted by atomic mass is 9.92. The lowest BCUT2D eigenvalue weighted by molar-refractivity contribution is 0.0600. The van der Waals surface area contributed by atoms with Gasteiger partial charge in [0.2, 0.25) is 0 Å². The molecule has 4 rings (SSSR count). The summed E-state index contributed by atoms with van der Waals surface area (Å²) < 4.78 is 35.7. The Morgan fingerprint density at radius 3 is 2.44 bits per heavy atom. The molecule has 9 heteroatoms. The van der Waals surface area contributed by atoms with Crippen molar-refractivity contribution >= 4 is 29.0 Å². The summed E-state index contributed by atoms with van der Waals surface area (Å²) in [6, 6.07) is 16.6. The molecular formula is C27H27FN2O5S. The molecule has 0 aliphatic carbocycles. The molecule has 0 radical (unpaired) electrons. The Morgan fingerprint density at radius 1 is 1.06 bits per heavy atom. The first kappa shape index (κ1) is 25.2. The van der Waals surface area contributed by atoms with E-state index in [2.05, 4.69) is 5.32 Å². The molecule has 0 saturated heterocycles. The predicted octanol–water partition coefficient (Wildman–Crippen LogP) is 5.00. The number of fused-ring (bicyclic) bond motifs is 1.